The van der Waals surface area contributed by atoms with E-state index in [1.54, 1.807) is 0 Å². The first-order valence-corrected chi connectivity index (χ1v) is 6.76. The normalized spacial score (nSPS) is 41.2. The number of nitrogens with one attached hydrogen (secondary N) is 1. The fourth-order valence-corrected chi connectivity index (χ4v) is 3.90. The lowest BCUT2D eigenvalue weighted by Gasteiger charge is -2.44. The van der Waals surface area contributed by atoms with E-state index >= 15 is 0 Å². The summed E-state index contributed by atoms with van der Waals surface area (Å²) in [7, 11) is 0. The second kappa shape index (κ2) is 3.95. The van der Waals surface area contributed by atoms with Gasteiger partial charge in [0.25, 0.3) is 0 Å². The molecule has 0 aromatic rings. The average molecular weight is 270 g/mol. The Bertz CT molecular complexity index is 582. The molecule has 2 bridgehead atoms. The van der Waals surface area contributed by atoms with Gasteiger partial charge in [-0.25, -0.2) is 0 Å². The molecule has 1 N–H and O–H groups in total. The van der Waals surface area contributed by atoms with Gasteiger partial charge in [0.1, 0.15) is 0 Å². The minimum Gasteiger partial charge on any atom is -0.447 e. The number of rotatable bonds is 0. The maximum atomic E-state index is 9.74. The van der Waals surface area contributed by atoms with Crippen molar-refractivity contribution in [2.24, 2.45) is 16.7 Å². The van der Waals surface area contributed by atoms with E-state index in [9.17, 15) is 15.8 Å². The highest BCUT2D eigenvalue weighted by molar-refractivity contribution is 5.88. The van der Waals surface area contributed by atoms with Gasteiger partial charge in [0.15, 0.2) is 10.8 Å². The van der Waals surface area contributed by atoms with Crippen LogP contribution in [0.15, 0.2) is 0 Å². The van der Waals surface area contributed by atoms with Crippen molar-refractivity contribution in [3.63, 3.8) is 0 Å². The molecular weight excluding hydrogens is 256 g/mol. The van der Waals surface area contributed by atoms with Crippen molar-refractivity contribution in [3.05, 3.63) is 0 Å². The summed E-state index contributed by atoms with van der Waals surface area (Å²) in [5.74, 6) is -1.67. The van der Waals surface area contributed by atoms with Gasteiger partial charge in [0.2, 0.25) is 11.7 Å². The van der Waals surface area contributed by atoms with Crippen LogP contribution >= 0.6 is 0 Å². The Hall–Kier alpha value is -2.10. The van der Waals surface area contributed by atoms with E-state index in [0.717, 1.165) is 19.3 Å². The highest BCUT2D eigenvalue weighted by atomic mass is 16.7. The van der Waals surface area contributed by atoms with Crippen LogP contribution in [0.25, 0.3) is 0 Å². The topological polar surface area (TPSA) is 114 Å². The van der Waals surface area contributed by atoms with Gasteiger partial charge in [0, 0.05) is 6.42 Å². The second-order valence-corrected chi connectivity index (χ2v) is 5.73. The van der Waals surface area contributed by atoms with Crippen LogP contribution in [0.5, 0.6) is 0 Å². The zero-order valence-electron chi connectivity index (χ0n) is 11.0. The van der Waals surface area contributed by atoms with Crippen LogP contribution in [0, 0.1) is 56.2 Å². The van der Waals surface area contributed by atoms with Gasteiger partial charge in [-0.3, -0.25) is 5.41 Å². The maximum absolute atomic E-state index is 9.74. The van der Waals surface area contributed by atoms with Gasteiger partial charge in [-0.05, 0) is 12.8 Å². The Balaban J connectivity index is 2.23. The molecule has 1 saturated carbocycles. The van der Waals surface area contributed by atoms with Gasteiger partial charge >= 0.3 is 0 Å². The van der Waals surface area contributed by atoms with Crippen LogP contribution in [0.1, 0.15) is 32.1 Å². The fourth-order valence-electron chi connectivity index (χ4n) is 3.90. The van der Waals surface area contributed by atoms with Gasteiger partial charge < -0.3 is 9.47 Å². The summed E-state index contributed by atoms with van der Waals surface area (Å²) in [4.78, 5) is 0. The predicted octanol–water partition coefficient (Wildman–Crippen LogP) is 1.84. The minimum absolute atomic E-state index is 0.174. The van der Waals surface area contributed by atoms with E-state index in [1.165, 1.54) is 0 Å². The molecule has 2 saturated heterocycles. The van der Waals surface area contributed by atoms with Crippen molar-refractivity contribution in [3.8, 4) is 18.2 Å². The molecule has 1 aliphatic carbocycles. The van der Waals surface area contributed by atoms with E-state index in [1.807, 2.05) is 12.1 Å². The third kappa shape index (κ3) is 1.17. The Morgan fingerprint density at radius 2 is 1.85 bits per heavy atom. The Morgan fingerprint density at radius 1 is 1.10 bits per heavy atom. The van der Waals surface area contributed by atoms with Crippen molar-refractivity contribution >= 4 is 5.90 Å². The van der Waals surface area contributed by atoms with Crippen molar-refractivity contribution in [2.45, 2.75) is 37.9 Å². The summed E-state index contributed by atoms with van der Waals surface area (Å²) in [6.45, 7) is -0.174. The summed E-state index contributed by atoms with van der Waals surface area (Å²) >= 11 is 0. The summed E-state index contributed by atoms with van der Waals surface area (Å²) in [6.07, 6.45) is 4.05. The van der Waals surface area contributed by atoms with E-state index < -0.39 is 22.5 Å². The van der Waals surface area contributed by atoms with E-state index in [-0.39, 0.29) is 12.5 Å². The Morgan fingerprint density at radius 3 is 2.50 bits per heavy atom. The maximum Gasteiger partial charge on any atom is 0.217 e. The smallest absolute Gasteiger partial charge is 0.217 e. The molecular formula is C14H14N4O2. The molecule has 0 aromatic heterocycles. The summed E-state index contributed by atoms with van der Waals surface area (Å²) < 4.78 is 11.4. The van der Waals surface area contributed by atoms with Gasteiger partial charge in [0.05, 0.1) is 30.7 Å². The lowest BCUT2D eigenvalue weighted by Crippen LogP contribution is -2.58. The number of hydrogen-bond acceptors (Lipinski definition) is 6. The molecule has 3 aliphatic rings. The Kier molecular flexibility index (Phi) is 2.55. The van der Waals surface area contributed by atoms with Crippen molar-refractivity contribution < 1.29 is 9.47 Å². The van der Waals surface area contributed by atoms with Crippen LogP contribution < -0.4 is 0 Å². The molecule has 2 aliphatic heterocycles. The standard InChI is InChI=1S/C14H14N4O2/c15-6-12(7-16)9-19-14-5-3-1-2-4-10(14)13(12,8-17)11(18)20-14/h10,18H,1-5,9H2/t10-,13-,14-/m1/s1. The first kappa shape index (κ1) is 12.9. The zero-order valence-corrected chi connectivity index (χ0v) is 11.0. The molecule has 3 fully saturated rings. The molecule has 3 rings (SSSR count). The van der Waals surface area contributed by atoms with E-state index in [4.69, 9.17) is 14.9 Å². The Labute approximate surface area is 117 Å². The number of ether oxygens (including phenoxy) is 2. The van der Waals surface area contributed by atoms with Crippen LogP contribution in [0.4, 0.5) is 0 Å². The molecule has 20 heavy (non-hydrogen) atoms. The van der Waals surface area contributed by atoms with Crippen molar-refractivity contribution in [2.75, 3.05) is 6.61 Å². The molecule has 0 aromatic carbocycles. The number of nitrogens with zero attached hydrogens (tertiary/aromatic N) is 3. The van der Waals surface area contributed by atoms with Crippen LogP contribution in [0.3, 0.4) is 0 Å². The van der Waals surface area contributed by atoms with Crippen LogP contribution in [-0.4, -0.2) is 18.3 Å². The molecule has 0 amide bonds. The third-order valence-electron chi connectivity index (χ3n) is 4.97. The molecule has 2 heterocycles. The molecule has 0 unspecified atom stereocenters. The van der Waals surface area contributed by atoms with Crippen LogP contribution in [-0.2, 0) is 9.47 Å². The van der Waals surface area contributed by atoms with Gasteiger partial charge in [-0.1, -0.05) is 12.8 Å². The molecule has 0 radical (unpaired) electrons. The first-order valence-electron chi connectivity index (χ1n) is 6.76. The summed E-state index contributed by atoms with van der Waals surface area (Å²) in [5.41, 5.74) is -3.16. The van der Waals surface area contributed by atoms with Crippen molar-refractivity contribution in [1.82, 2.24) is 0 Å². The lowest BCUT2D eigenvalue weighted by molar-refractivity contribution is -0.249. The quantitative estimate of drug-likeness (QED) is 0.721. The molecule has 6 nitrogen and oxygen atoms in total. The first-order chi connectivity index (χ1) is 9.61. The number of nitriles is 3. The molecule has 102 valence electrons. The van der Waals surface area contributed by atoms with E-state index in [2.05, 4.69) is 6.07 Å². The minimum atomic E-state index is -1.66. The second-order valence-electron chi connectivity index (χ2n) is 5.73. The van der Waals surface area contributed by atoms with E-state index in [0.29, 0.717) is 12.8 Å². The van der Waals surface area contributed by atoms with Crippen LogP contribution in [0.2, 0.25) is 0 Å². The average Bonchev–Trinajstić information content (AvgIpc) is 2.63. The molecule has 6 heteroatoms. The lowest BCUT2D eigenvalue weighted by atomic mass is 9.56. The number of hydrogen-bond donors (Lipinski definition) is 1. The SMILES string of the molecule is N#CC1(C#N)CO[C@@]23CCCCC[C@@H]2[C@]1(C#N)C(=N)O3. The monoisotopic (exact) mass is 270 g/mol. The highest BCUT2D eigenvalue weighted by Gasteiger charge is 2.76. The molecule has 0 spiro atoms. The van der Waals surface area contributed by atoms with Gasteiger partial charge in [-0.15, -0.1) is 0 Å². The van der Waals surface area contributed by atoms with Crippen molar-refractivity contribution in [1.29, 1.82) is 21.2 Å². The largest absolute Gasteiger partial charge is 0.447 e. The molecule has 3 atom stereocenters. The third-order valence-corrected chi connectivity index (χ3v) is 4.97. The summed E-state index contributed by atoms with van der Waals surface area (Å²) in [5, 5.41) is 36.8. The fraction of sp³-hybridized carbons (Fsp3) is 0.714. The summed E-state index contributed by atoms with van der Waals surface area (Å²) in [6, 6.07) is 5.97. The van der Waals surface area contributed by atoms with Gasteiger partial charge in [-0.2, -0.15) is 15.8 Å². The zero-order chi connectivity index (χ0) is 14.4. The predicted molar refractivity (Wildman–Crippen MR) is 65.8 cm³/mol. The highest BCUT2D eigenvalue weighted by Crippen LogP contribution is 2.63.